The van der Waals surface area contributed by atoms with Crippen molar-refractivity contribution in [3.8, 4) is 0 Å². The molecule has 1 amide bonds. The van der Waals surface area contributed by atoms with Crippen LogP contribution in [0.15, 0.2) is 18.2 Å². The number of nitrogens with zero attached hydrogens (tertiary/aromatic N) is 1. The van der Waals surface area contributed by atoms with E-state index < -0.39 is 11.9 Å². The highest BCUT2D eigenvalue weighted by atomic mass is 16.5. The molecule has 0 saturated heterocycles. The molecule has 0 aliphatic heterocycles. The van der Waals surface area contributed by atoms with Gasteiger partial charge in [0.05, 0.1) is 19.3 Å². The Bertz CT molecular complexity index is 474. The lowest BCUT2D eigenvalue weighted by atomic mass is 10.1. The second kappa shape index (κ2) is 7.59. The zero-order chi connectivity index (χ0) is 15.1. The summed E-state index contributed by atoms with van der Waals surface area (Å²) < 4.78 is 4.83. The van der Waals surface area contributed by atoms with E-state index in [0.717, 1.165) is 0 Å². The number of rotatable bonds is 6. The van der Waals surface area contributed by atoms with Gasteiger partial charge in [-0.2, -0.15) is 0 Å². The van der Waals surface area contributed by atoms with Gasteiger partial charge in [0.1, 0.15) is 11.4 Å². The van der Waals surface area contributed by atoms with Crippen LogP contribution in [-0.4, -0.2) is 41.2 Å². The summed E-state index contributed by atoms with van der Waals surface area (Å²) in [5.74, 6) is -0.897. The molecule has 0 spiro atoms. The number of esters is 1. The van der Waals surface area contributed by atoms with Crippen molar-refractivity contribution >= 4 is 11.9 Å². The Morgan fingerprint density at radius 2 is 2.00 bits per heavy atom. The summed E-state index contributed by atoms with van der Waals surface area (Å²) in [6.45, 7) is 5.58. The largest absolute Gasteiger partial charge is 0.461 e. The van der Waals surface area contributed by atoms with Crippen LogP contribution in [-0.2, 0) is 4.74 Å². The van der Waals surface area contributed by atoms with Gasteiger partial charge < -0.3 is 15.2 Å². The third-order valence-corrected chi connectivity index (χ3v) is 2.78. The molecule has 0 aromatic carbocycles. The molecule has 0 saturated carbocycles. The van der Waals surface area contributed by atoms with E-state index in [1.807, 2.05) is 13.8 Å². The van der Waals surface area contributed by atoms with E-state index in [9.17, 15) is 14.7 Å². The number of carbonyl (C=O) groups excluding carboxylic acids is 2. The highest BCUT2D eigenvalue weighted by molar-refractivity contribution is 5.94. The molecule has 0 bridgehead atoms. The molecule has 0 radical (unpaired) electrons. The van der Waals surface area contributed by atoms with Crippen LogP contribution in [0, 0.1) is 5.92 Å². The molecule has 110 valence electrons. The Morgan fingerprint density at radius 1 is 1.35 bits per heavy atom. The number of nitrogens with one attached hydrogen (secondary N) is 1. The Morgan fingerprint density at radius 3 is 2.55 bits per heavy atom. The van der Waals surface area contributed by atoms with Crippen molar-refractivity contribution in [3.63, 3.8) is 0 Å². The van der Waals surface area contributed by atoms with Crippen molar-refractivity contribution in [2.45, 2.75) is 26.8 Å². The van der Waals surface area contributed by atoms with Crippen LogP contribution in [0.1, 0.15) is 41.7 Å². The van der Waals surface area contributed by atoms with E-state index in [4.69, 9.17) is 4.74 Å². The fourth-order valence-corrected chi connectivity index (χ4v) is 1.55. The first kappa shape index (κ1) is 16.1. The van der Waals surface area contributed by atoms with Gasteiger partial charge in [-0.15, -0.1) is 0 Å². The number of aliphatic hydroxyl groups is 1. The molecule has 1 aromatic rings. The molecule has 0 aliphatic carbocycles. The number of hydrogen-bond acceptors (Lipinski definition) is 5. The standard InChI is InChI=1S/C14H20N2O4/c1-4-20-14(19)11-7-5-6-10(15-11)13(18)16-12(8-17)9(2)3/h5-7,9,12,17H,4,8H2,1-3H3,(H,16,18)/t12-/m1/s1. The Labute approximate surface area is 118 Å². The molecule has 6 nitrogen and oxygen atoms in total. The van der Waals surface area contributed by atoms with Gasteiger partial charge in [-0.3, -0.25) is 4.79 Å². The van der Waals surface area contributed by atoms with Gasteiger partial charge in [0, 0.05) is 0 Å². The summed E-state index contributed by atoms with van der Waals surface area (Å²) in [6.07, 6.45) is 0. The first-order chi connectivity index (χ1) is 9.49. The lowest BCUT2D eigenvalue weighted by molar-refractivity contribution is 0.0519. The predicted molar refractivity (Wildman–Crippen MR) is 73.4 cm³/mol. The number of amides is 1. The van der Waals surface area contributed by atoms with Gasteiger partial charge in [-0.25, -0.2) is 9.78 Å². The number of ether oxygens (including phenoxy) is 1. The average Bonchev–Trinajstić information content (AvgIpc) is 2.44. The summed E-state index contributed by atoms with van der Waals surface area (Å²) in [6, 6.07) is 4.21. The third-order valence-electron chi connectivity index (χ3n) is 2.78. The predicted octanol–water partition coefficient (Wildman–Crippen LogP) is 1.00. The molecule has 0 unspecified atom stereocenters. The fourth-order valence-electron chi connectivity index (χ4n) is 1.55. The van der Waals surface area contributed by atoms with Gasteiger partial charge in [0.2, 0.25) is 0 Å². The van der Waals surface area contributed by atoms with Gasteiger partial charge in [0.15, 0.2) is 0 Å². The van der Waals surface area contributed by atoms with Gasteiger partial charge in [0.25, 0.3) is 5.91 Å². The quantitative estimate of drug-likeness (QED) is 0.759. The highest BCUT2D eigenvalue weighted by Crippen LogP contribution is 2.05. The second-order valence-corrected chi connectivity index (χ2v) is 4.64. The minimum Gasteiger partial charge on any atom is -0.461 e. The number of aliphatic hydroxyl groups excluding tert-OH is 1. The maximum Gasteiger partial charge on any atom is 0.356 e. The molecule has 1 heterocycles. The van der Waals surface area contributed by atoms with Gasteiger partial charge in [-0.05, 0) is 25.0 Å². The van der Waals surface area contributed by atoms with E-state index in [0.29, 0.717) is 0 Å². The van der Waals surface area contributed by atoms with Crippen molar-refractivity contribution < 1.29 is 19.4 Å². The highest BCUT2D eigenvalue weighted by Gasteiger charge is 2.18. The van der Waals surface area contributed by atoms with Crippen molar-refractivity contribution in [2.75, 3.05) is 13.2 Å². The minimum atomic E-state index is -0.565. The maximum absolute atomic E-state index is 12.0. The first-order valence-corrected chi connectivity index (χ1v) is 6.55. The summed E-state index contributed by atoms with van der Waals surface area (Å²) in [4.78, 5) is 27.5. The van der Waals surface area contributed by atoms with Gasteiger partial charge >= 0.3 is 5.97 Å². The molecule has 6 heteroatoms. The molecule has 0 fully saturated rings. The molecular formula is C14H20N2O4. The summed E-state index contributed by atoms with van der Waals surface area (Å²) in [5.41, 5.74) is 0.208. The van der Waals surface area contributed by atoms with Crippen molar-refractivity contribution in [2.24, 2.45) is 5.92 Å². The lowest BCUT2D eigenvalue weighted by Crippen LogP contribution is -2.41. The zero-order valence-electron chi connectivity index (χ0n) is 11.9. The lowest BCUT2D eigenvalue weighted by Gasteiger charge is -2.19. The summed E-state index contributed by atoms with van der Waals surface area (Å²) in [7, 11) is 0. The van der Waals surface area contributed by atoms with Crippen LogP contribution in [0.4, 0.5) is 0 Å². The van der Waals surface area contributed by atoms with Crippen molar-refractivity contribution in [1.29, 1.82) is 0 Å². The molecule has 1 atom stereocenters. The van der Waals surface area contributed by atoms with Crippen molar-refractivity contribution in [1.82, 2.24) is 10.3 Å². The number of hydrogen-bond donors (Lipinski definition) is 2. The van der Waals surface area contributed by atoms with Crippen LogP contribution in [0.2, 0.25) is 0 Å². The maximum atomic E-state index is 12.0. The van der Waals surface area contributed by atoms with Crippen LogP contribution < -0.4 is 5.32 Å². The number of pyridine rings is 1. The first-order valence-electron chi connectivity index (χ1n) is 6.55. The van der Waals surface area contributed by atoms with E-state index in [1.165, 1.54) is 12.1 Å². The van der Waals surface area contributed by atoms with Crippen molar-refractivity contribution in [3.05, 3.63) is 29.6 Å². The molecule has 20 heavy (non-hydrogen) atoms. The number of carbonyl (C=O) groups is 2. The monoisotopic (exact) mass is 280 g/mol. The number of aromatic nitrogens is 1. The van der Waals surface area contributed by atoms with E-state index in [-0.39, 0.29) is 36.6 Å². The van der Waals surface area contributed by atoms with Crippen LogP contribution in [0.25, 0.3) is 0 Å². The molecule has 1 aromatic heterocycles. The summed E-state index contributed by atoms with van der Waals surface area (Å²) in [5, 5.41) is 11.9. The van der Waals surface area contributed by atoms with Crippen LogP contribution in [0.3, 0.4) is 0 Å². The van der Waals surface area contributed by atoms with Crippen LogP contribution >= 0.6 is 0 Å². The SMILES string of the molecule is CCOC(=O)c1cccc(C(=O)N[C@H](CO)C(C)C)n1. The third kappa shape index (κ3) is 4.31. The zero-order valence-corrected chi connectivity index (χ0v) is 11.9. The molecule has 1 rings (SSSR count). The van der Waals surface area contributed by atoms with E-state index in [1.54, 1.807) is 13.0 Å². The van der Waals surface area contributed by atoms with Crippen LogP contribution in [0.5, 0.6) is 0 Å². The smallest absolute Gasteiger partial charge is 0.356 e. The Kier molecular flexibility index (Phi) is 6.11. The van der Waals surface area contributed by atoms with Gasteiger partial charge in [-0.1, -0.05) is 19.9 Å². The topological polar surface area (TPSA) is 88.5 Å². The average molecular weight is 280 g/mol. The molecule has 0 aliphatic rings. The second-order valence-electron chi connectivity index (χ2n) is 4.64. The minimum absolute atomic E-state index is 0.0876. The molecular weight excluding hydrogens is 260 g/mol. The Balaban J connectivity index is 2.83. The molecule has 2 N–H and O–H groups in total. The van der Waals surface area contributed by atoms with E-state index in [2.05, 4.69) is 10.3 Å². The Hall–Kier alpha value is -1.95. The summed E-state index contributed by atoms with van der Waals surface area (Å²) >= 11 is 0. The fraction of sp³-hybridized carbons (Fsp3) is 0.500. The normalized spacial score (nSPS) is 12.1. The van der Waals surface area contributed by atoms with E-state index >= 15 is 0 Å².